The summed E-state index contributed by atoms with van der Waals surface area (Å²) in [6, 6.07) is 6.11. The minimum absolute atomic E-state index is 0.0223. The summed E-state index contributed by atoms with van der Waals surface area (Å²) in [6.07, 6.45) is 12.2. The highest BCUT2D eigenvalue weighted by Gasteiger charge is 2.23. The molecular formula is C19H27N5O. The largest absolute Gasteiger partial charge is 0.323 e. The lowest BCUT2D eigenvalue weighted by atomic mass is 9.96. The van der Waals surface area contributed by atoms with Gasteiger partial charge in [-0.05, 0) is 37.0 Å². The van der Waals surface area contributed by atoms with Crippen molar-refractivity contribution in [2.75, 3.05) is 12.4 Å². The zero-order valence-electron chi connectivity index (χ0n) is 15.1. The van der Waals surface area contributed by atoms with Gasteiger partial charge >= 0.3 is 6.03 Å². The van der Waals surface area contributed by atoms with E-state index in [-0.39, 0.29) is 12.1 Å². The van der Waals surface area contributed by atoms with Crippen LogP contribution in [0.4, 0.5) is 10.6 Å². The third-order valence-corrected chi connectivity index (χ3v) is 5.09. The number of nitrogens with one attached hydrogen (secondary N) is 1. The molecule has 1 aliphatic carbocycles. The van der Waals surface area contributed by atoms with Gasteiger partial charge in [0.1, 0.15) is 5.82 Å². The Labute approximate surface area is 149 Å². The molecule has 1 aliphatic rings. The first-order valence-corrected chi connectivity index (χ1v) is 9.18. The molecule has 1 N–H and O–H groups in total. The van der Waals surface area contributed by atoms with Crippen LogP contribution in [-0.4, -0.2) is 32.7 Å². The second-order valence-corrected chi connectivity index (χ2v) is 6.70. The second-order valence-electron chi connectivity index (χ2n) is 6.70. The van der Waals surface area contributed by atoms with E-state index in [0.29, 0.717) is 6.04 Å². The number of anilines is 1. The molecule has 2 aromatic rings. The van der Waals surface area contributed by atoms with Crippen LogP contribution in [0.1, 0.15) is 63.1 Å². The van der Waals surface area contributed by atoms with Crippen molar-refractivity contribution in [2.24, 2.45) is 0 Å². The number of urea groups is 1. The summed E-state index contributed by atoms with van der Waals surface area (Å²) in [5.74, 6) is 0.785. The fraction of sp³-hybridized carbons (Fsp3) is 0.526. The molecule has 0 bridgehead atoms. The fourth-order valence-corrected chi connectivity index (χ4v) is 3.69. The molecule has 0 radical (unpaired) electrons. The van der Waals surface area contributed by atoms with Crippen LogP contribution in [0.25, 0.3) is 0 Å². The third-order valence-electron chi connectivity index (χ3n) is 5.09. The van der Waals surface area contributed by atoms with Crippen LogP contribution >= 0.6 is 0 Å². The number of carbonyl (C=O) groups excluding carboxylic acids is 1. The lowest BCUT2D eigenvalue weighted by Gasteiger charge is -2.29. The molecule has 6 nitrogen and oxygen atoms in total. The van der Waals surface area contributed by atoms with Gasteiger partial charge in [-0.3, -0.25) is 10.3 Å². The average molecular weight is 341 g/mol. The molecular weight excluding hydrogens is 314 g/mol. The van der Waals surface area contributed by atoms with E-state index >= 15 is 0 Å². The Morgan fingerprint density at radius 2 is 1.96 bits per heavy atom. The van der Waals surface area contributed by atoms with Crippen molar-refractivity contribution >= 4 is 11.8 Å². The predicted octanol–water partition coefficient (Wildman–Crippen LogP) is 4.40. The minimum atomic E-state index is -0.110. The molecule has 0 aromatic carbocycles. The van der Waals surface area contributed by atoms with Crippen molar-refractivity contribution in [3.05, 3.63) is 42.4 Å². The van der Waals surface area contributed by atoms with E-state index in [0.717, 1.165) is 30.6 Å². The molecule has 1 saturated carbocycles. The van der Waals surface area contributed by atoms with Gasteiger partial charge in [-0.1, -0.05) is 26.2 Å². The van der Waals surface area contributed by atoms with E-state index in [9.17, 15) is 4.79 Å². The van der Waals surface area contributed by atoms with Gasteiger partial charge in [-0.2, -0.15) is 5.10 Å². The summed E-state index contributed by atoms with van der Waals surface area (Å²) in [4.78, 5) is 18.6. The first-order chi connectivity index (χ1) is 12.2. The molecule has 25 heavy (non-hydrogen) atoms. The number of hydrogen-bond acceptors (Lipinski definition) is 3. The highest BCUT2D eigenvalue weighted by atomic mass is 16.2. The lowest BCUT2D eigenvalue weighted by molar-refractivity contribution is 0.202. The molecule has 2 amide bonds. The average Bonchev–Trinajstić information content (AvgIpc) is 3.12. The van der Waals surface area contributed by atoms with Gasteiger partial charge < -0.3 is 4.90 Å². The minimum Gasteiger partial charge on any atom is -0.321 e. The molecule has 2 aromatic heterocycles. The highest BCUT2D eigenvalue weighted by molar-refractivity contribution is 5.88. The Hall–Kier alpha value is -2.37. The standard InChI is InChI=1S/C19H27N5O/c1-3-17(15-9-12-20-13-10-15)23(2)19(25)22-18-11-14-21-24(18)16-7-5-4-6-8-16/h9-14,16-17H,3-8H2,1-2H3,(H,22,25)/t17-/m0/s1. The van der Waals surface area contributed by atoms with Crippen LogP contribution in [0, 0.1) is 0 Å². The first kappa shape index (κ1) is 17.5. The highest BCUT2D eigenvalue weighted by Crippen LogP contribution is 2.30. The maximum atomic E-state index is 12.8. The Morgan fingerprint density at radius 3 is 2.64 bits per heavy atom. The molecule has 3 rings (SSSR count). The fourth-order valence-electron chi connectivity index (χ4n) is 3.69. The SMILES string of the molecule is CC[C@@H](c1ccncc1)N(C)C(=O)Nc1ccnn1C1CCCCC1. The summed E-state index contributed by atoms with van der Waals surface area (Å²) in [5, 5.41) is 7.49. The monoisotopic (exact) mass is 341 g/mol. The van der Waals surface area contributed by atoms with Crippen LogP contribution in [-0.2, 0) is 0 Å². The number of pyridine rings is 1. The van der Waals surface area contributed by atoms with Crippen LogP contribution in [0.2, 0.25) is 0 Å². The summed E-state index contributed by atoms with van der Waals surface area (Å²) < 4.78 is 1.98. The quantitative estimate of drug-likeness (QED) is 0.877. The number of hydrogen-bond donors (Lipinski definition) is 1. The molecule has 0 saturated heterocycles. The van der Waals surface area contributed by atoms with Crippen LogP contribution in [0.15, 0.2) is 36.8 Å². The van der Waals surface area contributed by atoms with Gasteiger partial charge in [0.05, 0.1) is 18.3 Å². The molecule has 0 aliphatic heterocycles. The summed E-state index contributed by atoms with van der Waals surface area (Å²) in [6.45, 7) is 2.08. The van der Waals surface area contributed by atoms with E-state index in [1.165, 1.54) is 19.3 Å². The summed E-state index contributed by atoms with van der Waals surface area (Å²) in [5.41, 5.74) is 1.09. The topological polar surface area (TPSA) is 63.1 Å². The van der Waals surface area contributed by atoms with Crippen molar-refractivity contribution in [2.45, 2.75) is 57.5 Å². The van der Waals surface area contributed by atoms with Crippen LogP contribution < -0.4 is 5.32 Å². The van der Waals surface area contributed by atoms with Gasteiger partial charge in [-0.15, -0.1) is 0 Å². The Bertz CT molecular complexity index is 678. The van der Waals surface area contributed by atoms with E-state index in [4.69, 9.17) is 0 Å². The molecule has 0 spiro atoms. The smallest absolute Gasteiger partial charge is 0.321 e. The molecule has 1 fully saturated rings. The second kappa shape index (κ2) is 8.14. The van der Waals surface area contributed by atoms with E-state index in [1.807, 2.05) is 29.9 Å². The number of carbonyl (C=O) groups is 1. The van der Waals surface area contributed by atoms with Gasteiger partial charge in [0.15, 0.2) is 0 Å². The van der Waals surface area contributed by atoms with Crippen LogP contribution in [0.5, 0.6) is 0 Å². The van der Waals surface area contributed by atoms with E-state index < -0.39 is 0 Å². The normalized spacial score (nSPS) is 16.4. The van der Waals surface area contributed by atoms with Crippen molar-refractivity contribution in [1.82, 2.24) is 19.7 Å². The van der Waals surface area contributed by atoms with Gasteiger partial charge in [0, 0.05) is 25.5 Å². The number of rotatable bonds is 5. The number of nitrogens with zero attached hydrogens (tertiary/aromatic N) is 4. The Morgan fingerprint density at radius 1 is 1.24 bits per heavy atom. The summed E-state index contributed by atoms with van der Waals surface area (Å²) in [7, 11) is 1.84. The first-order valence-electron chi connectivity index (χ1n) is 9.18. The lowest BCUT2D eigenvalue weighted by Crippen LogP contribution is -2.35. The molecule has 134 valence electrons. The predicted molar refractivity (Wildman–Crippen MR) is 98.4 cm³/mol. The molecule has 1 atom stereocenters. The van der Waals surface area contributed by atoms with Gasteiger partial charge in [-0.25, -0.2) is 9.48 Å². The van der Waals surface area contributed by atoms with E-state index in [2.05, 4.69) is 22.3 Å². The zero-order valence-corrected chi connectivity index (χ0v) is 15.1. The van der Waals surface area contributed by atoms with E-state index in [1.54, 1.807) is 23.5 Å². The number of aromatic nitrogens is 3. The maximum Gasteiger partial charge on any atom is 0.323 e. The third kappa shape index (κ3) is 4.00. The van der Waals surface area contributed by atoms with Gasteiger partial charge in [0.25, 0.3) is 0 Å². The van der Waals surface area contributed by atoms with Crippen molar-refractivity contribution in [1.29, 1.82) is 0 Å². The molecule has 2 heterocycles. The summed E-state index contributed by atoms with van der Waals surface area (Å²) >= 11 is 0. The Balaban J connectivity index is 1.70. The molecule has 6 heteroatoms. The van der Waals surface area contributed by atoms with Crippen LogP contribution in [0.3, 0.4) is 0 Å². The van der Waals surface area contributed by atoms with Crippen molar-refractivity contribution < 1.29 is 4.79 Å². The zero-order chi connectivity index (χ0) is 17.6. The Kier molecular flexibility index (Phi) is 5.68. The van der Waals surface area contributed by atoms with Gasteiger partial charge in [0.2, 0.25) is 0 Å². The molecule has 0 unspecified atom stereocenters. The van der Waals surface area contributed by atoms with Crippen molar-refractivity contribution in [3.63, 3.8) is 0 Å². The number of amides is 2. The maximum absolute atomic E-state index is 12.8. The van der Waals surface area contributed by atoms with Crippen molar-refractivity contribution in [3.8, 4) is 0 Å².